The molecule has 1 unspecified atom stereocenters. The van der Waals surface area contributed by atoms with Crippen molar-refractivity contribution in [3.63, 3.8) is 0 Å². The highest BCUT2D eigenvalue weighted by Gasteiger charge is 2.13. The molecule has 0 amide bonds. The van der Waals surface area contributed by atoms with Gasteiger partial charge in [0.25, 0.3) is 0 Å². The lowest BCUT2D eigenvalue weighted by molar-refractivity contribution is 0.999. The number of nitriles is 1. The van der Waals surface area contributed by atoms with Gasteiger partial charge in [-0.25, -0.2) is 0 Å². The molecular formula is C11H9N. The first-order valence-electron chi connectivity index (χ1n) is 4.06. The van der Waals surface area contributed by atoms with Crippen molar-refractivity contribution in [3.8, 4) is 6.07 Å². The van der Waals surface area contributed by atoms with Gasteiger partial charge in [0.1, 0.15) is 0 Å². The molecule has 1 aromatic rings. The smallest absolute Gasteiger partial charge is 0.0896 e. The molecule has 0 N–H and O–H groups in total. The van der Waals surface area contributed by atoms with Crippen molar-refractivity contribution in [3.05, 3.63) is 47.5 Å². The SMILES string of the molecule is N#CC1C=CCc2ccccc21. The van der Waals surface area contributed by atoms with Crippen LogP contribution in [0, 0.1) is 11.3 Å². The monoisotopic (exact) mass is 155 g/mol. The van der Waals surface area contributed by atoms with E-state index in [4.69, 9.17) is 5.26 Å². The molecule has 0 spiro atoms. The summed E-state index contributed by atoms with van der Waals surface area (Å²) in [4.78, 5) is 0. The number of rotatable bonds is 0. The van der Waals surface area contributed by atoms with E-state index in [1.54, 1.807) is 0 Å². The minimum Gasteiger partial charge on any atom is -0.197 e. The molecule has 58 valence electrons. The van der Waals surface area contributed by atoms with Crippen LogP contribution in [-0.2, 0) is 6.42 Å². The molecule has 0 fully saturated rings. The van der Waals surface area contributed by atoms with Gasteiger partial charge in [0, 0.05) is 0 Å². The van der Waals surface area contributed by atoms with Crippen LogP contribution in [0.1, 0.15) is 17.0 Å². The molecule has 0 aliphatic heterocycles. The fourth-order valence-corrected chi connectivity index (χ4v) is 1.57. The summed E-state index contributed by atoms with van der Waals surface area (Å²) >= 11 is 0. The average Bonchev–Trinajstić information content (AvgIpc) is 2.17. The van der Waals surface area contributed by atoms with Gasteiger partial charge in [-0.3, -0.25) is 0 Å². The van der Waals surface area contributed by atoms with Gasteiger partial charge in [-0.1, -0.05) is 36.4 Å². The minimum absolute atomic E-state index is 0.0325. The summed E-state index contributed by atoms with van der Waals surface area (Å²) < 4.78 is 0. The molecule has 0 saturated carbocycles. The molecule has 0 radical (unpaired) electrons. The number of nitrogens with zero attached hydrogens (tertiary/aromatic N) is 1. The lowest BCUT2D eigenvalue weighted by atomic mass is 9.89. The molecular weight excluding hydrogens is 146 g/mol. The first-order valence-corrected chi connectivity index (χ1v) is 4.06. The van der Waals surface area contributed by atoms with Gasteiger partial charge in [0.05, 0.1) is 12.0 Å². The molecule has 1 aromatic carbocycles. The van der Waals surface area contributed by atoms with Crippen molar-refractivity contribution in [2.24, 2.45) is 0 Å². The third-order valence-corrected chi connectivity index (χ3v) is 2.20. The van der Waals surface area contributed by atoms with E-state index in [0.29, 0.717) is 0 Å². The summed E-state index contributed by atoms with van der Waals surface area (Å²) in [5.41, 5.74) is 2.45. The van der Waals surface area contributed by atoms with Crippen molar-refractivity contribution in [1.29, 1.82) is 5.26 Å². The van der Waals surface area contributed by atoms with Crippen molar-refractivity contribution in [1.82, 2.24) is 0 Å². The van der Waals surface area contributed by atoms with Gasteiger partial charge in [-0.15, -0.1) is 0 Å². The maximum atomic E-state index is 8.84. The van der Waals surface area contributed by atoms with E-state index in [-0.39, 0.29) is 5.92 Å². The Morgan fingerprint density at radius 3 is 3.00 bits per heavy atom. The standard InChI is InChI=1S/C11H9N/c12-8-10-6-3-5-9-4-1-2-7-11(9)10/h1-4,6-7,10H,5H2. The molecule has 1 aliphatic carbocycles. The van der Waals surface area contributed by atoms with Gasteiger partial charge in [-0.05, 0) is 17.5 Å². The van der Waals surface area contributed by atoms with Crippen molar-refractivity contribution in [2.75, 3.05) is 0 Å². The van der Waals surface area contributed by atoms with Crippen LogP contribution in [0.5, 0.6) is 0 Å². The maximum Gasteiger partial charge on any atom is 0.0896 e. The Bertz CT molecular complexity index is 358. The van der Waals surface area contributed by atoms with E-state index < -0.39 is 0 Å². The van der Waals surface area contributed by atoms with Crippen LogP contribution in [0.3, 0.4) is 0 Å². The molecule has 12 heavy (non-hydrogen) atoms. The van der Waals surface area contributed by atoms with Crippen LogP contribution in [0.15, 0.2) is 36.4 Å². The summed E-state index contributed by atoms with van der Waals surface area (Å²) in [7, 11) is 0. The fraction of sp³-hybridized carbons (Fsp3) is 0.182. The number of benzene rings is 1. The van der Waals surface area contributed by atoms with Gasteiger partial charge in [0.15, 0.2) is 0 Å². The molecule has 0 saturated heterocycles. The van der Waals surface area contributed by atoms with Crippen molar-refractivity contribution < 1.29 is 0 Å². The molecule has 1 heteroatoms. The summed E-state index contributed by atoms with van der Waals surface area (Å²) in [6.45, 7) is 0. The van der Waals surface area contributed by atoms with Crippen LogP contribution in [0.4, 0.5) is 0 Å². The number of hydrogen-bond donors (Lipinski definition) is 0. The van der Waals surface area contributed by atoms with Gasteiger partial charge in [0.2, 0.25) is 0 Å². The summed E-state index contributed by atoms with van der Waals surface area (Å²) in [6, 6.07) is 10.4. The lowest BCUT2D eigenvalue weighted by Gasteiger charge is -2.14. The largest absolute Gasteiger partial charge is 0.197 e. The normalized spacial score (nSPS) is 19.8. The zero-order valence-corrected chi connectivity index (χ0v) is 6.70. The Kier molecular flexibility index (Phi) is 1.68. The lowest BCUT2D eigenvalue weighted by Crippen LogP contribution is -2.01. The van der Waals surface area contributed by atoms with E-state index in [1.165, 1.54) is 11.1 Å². The number of fused-ring (bicyclic) bond motifs is 1. The third-order valence-electron chi connectivity index (χ3n) is 2.20. The highest BCUT2D eigenvalue weighted by atomic mass is 14.3. The van der Waals surface area contributed by atoms with Crippen LogP contribution < -0.4 is 0 Å². The Morgan fingerprint density at radius 2 is 2.17 bits per heavy atom. The van der Waals surface area contributed by atoms with Gasteiger partial charge in [-0.2, -0.15) is 5.26 Å². The first-order chi connectivity index (χ1) is 5.92. The topological polar surface area (TPSA) is 23.8 Å². The average molecular weight is 155 g/mol. The Labute approximate surface area is 72.0 Å². The molecule has 0 aromatic heterocycles. The van der Waals surface area contributed by atoms with Crippen LogP contribution >= 0.6 is 0 Å². The van der Waals surface area contributed by atoms with E-state index in [0.717, 1.165) is 6.42 Å². The second kappa shape index (κ2) is 2.83. The predicted octanol–water partition coefficient (Wildman–Crippen LogP) is 2.41. The van der Waals surface area contributed by atoms with E-state index in [2.05, 4.69) is 18.2 Å². The Hall–Kier alpha value is -1.55. The van der Waals surface area contributed by atoms with Gasteiger partial charge >= 0.3 is 0 Å². The van der Waals surface area contributed by atoms with E-state index in [9.17, 15) is 0 Å². The van der Waals surface area contributed by atoms with Crippen molar-refractivity contribution >= 4 is 0 Å². The second-order valence-corrected chi connectivity index (χ2v) is 2.94. The maximum absolute atomic E-state index is 8.84. The zero-order valence-electron chi connectivity index (χ0n) is 6.70. The third kappa shape index (κ3) is 1.02. The Morgan fingerprint density at radius 1 is 1.33 bits per heavy atom. The predicted molar refractivity (Wildman–Crippen MR) is 47.6 cm³/mol. The molecule has 0 heterocycles. The first kappa shape index (κ1) is 7.12. The molecule has 1 atom stereocenters. The Balaban J connectivity index is 2.51. The number of allylic oxidation sites excluding steroid dienone is 2. The van der Waals surface area contributed by atoms with Gasteiger partial charge < -0.3 is 0 Å². The summed E-state index contributed by atoms with van der Waals surface area (Å²) in [5, 5.41) is 8.84. The van der Waals surface area contributed by atoms with E-state index in [1.807, 2.05) is 24.3 Å². The highest BCUT2D eigenvalue weighted by Crippen LogP contribution is 2.25. The number of hydrogen-bond acceptors (Lipinski definition) is 1. The van der Waals surface area contributed by atoms with Crippen molar-refractivity contribution in [2.45, 2.75) is 12.3 Å². The molecule has 2 rings (SSSR count). The fourth-order valence-electron chi connectivity index (χ4n) is 1.57. The quantitative estimate of drug-likeness (QED) is 0.528. The van der Waals surface area contributed by atoms with Crippen LogP contribution in [0.25, 0.3) is 0 Å². The highest BCUT2D eigenvalue weighted by molar-refractivity contribution is 5.41. The van der Waals surface area contributed by atoms with E-state index >= 15 is 0 Å². The second-order valence-electron chi connectivity index (χ2n) is 2.94. The van der Waals surface area contributed by atoms with Crippen LogP contribution in [0.2, 0.25) is 0 Å². The molecule has 0 bridgehead atoms. The van der Waals surface area contributed by atoms with Crippen LogP contribution in [-0.4, -0.2) is 0 Å². The summed E-state index contributed by atoms with van der Waals surface area (Å²) in [6.07, 6.45) is 5.01. The summed E-state index contributed by atoms with van der Waals surface area (Å²) in [5.74, 6) is -0.0325. The minimum atomic E-state index is -0.0325. The molecule has 1 aliphatic rings. The molecule has 1 nitrogen and oxygen atoms in total. The zero-order chi connectivity index (χ0) is 8.39.